The van der Waals surface area contributed by atoms with E-state index in [2.05, 4.69) is 15.4 Å². The van der Waals surface area contributed by atoms with Crippen LogP contribution in [0.1, 0.15) is 16.8 Å². The van der Waals surface area contributed by atoms with Crippen LogP contribution in [-0.4, -0.2) is 45.2 Å². The second-order valence-electron chi connectivity index (χ2n) is 6.67. The van der Waals surface area contributed by atoms with Crippen molar-refractivity contribution < 1.29 is 19.4 Å². The summed E-state index contributed by atoms with van der Waals surface area (Å²) in [7, 11) is 1.52. The fraction of sp³-hybridized carbons (Fsp3) is 0.300. The van der Waals surface area contributed by atoms with Crippen molar-refractivity contribution in [3.63, 3.8) is 0 Å². The Hall–Kier alpha value is -3.62. The summed E-state index contributed by atoms with van der Waals surface area (Å²) in [6.45, 7) is 1.60. The molecule has 0 aliphatic carbocycles. The predicted octanol–water partition coefficient (Wildman–Crippen LogP) is 0.942. The third-order valence-corrected chi connectivity index (χ3v) is 4.74. The number of carboxylic acid groups (broad SMARTS) is 1. The number of nitrogens with zero attached hydrogens (tertiary/aromatic N) is 2. The number of hydrogen-bond donors (Lipinski definition) is 3. The first-order valence-corrected chi connectivity index (χ1v) is 9.07. The Bertz CT molecular complexity index is 1100. The van der Waals surface area contributed by atoms with E-state index in [9.17, 15) is 19.5 Å². The zero-order valence-corrected chi connectivity index (χ0v) is 16.1. The summed E-state index contributed by atoms with van der Waals surface area (Å²) in [4.78, 5) is 40.8. The number of fused-ring (bicyclic) bond motifs is 1. The lowest BCUT2D eigenvalue weighted by Gasteiger charge is -2.15. The van der Waals surface area contributed by atoms with Gasteiger partial charge >= 0.3 is 5.97 Å². The quantitative estimate of drug-likeness (QED) is 0.519. The molecule has 0 spiro atoms. The third-order valence-electron chi connectivity index (χ3n) is 4.74. The van der Waals surface area contributed by atoms with E-state index in [1.54, 1.807) is 43.5 Å². The lowest BCUT2D eigenvalue weighted by atomic mass is 9.98. The summed E-state index contributed by atoms with van der Waals surface area (Å²) in [6.07, 6.45) is 1.61. The van der Waals surface area contributed by atoms with E-state index in [4.69, 9.17) is 4.74 Å². The van der Waals surface area contributed by atoms with Crippen molar-refractivity contribution in [2.75, 3.05) is 13.7 Å². The zero-order valence-electron chi connectivity index (χ0n) is 16.1. The summed E-state index contributed by atoms with van der Waals surface area (Å²) in [5, 5.41) is 14.9. The Labute approximate surface area is 166 Å². The molecule has 0 aliphatic heterocycles. The number of H-pyrrole nitrogens is 1. The Balaban J connectivity index is 1.68. The molecule has 2 aromatic heterocycles. The highest BCUT2D eigenvalue weighted by Gasteiger charge is 2.21. The molecular weight excluding hydrogens is 376 g/mol. The number of nitrogens with one attached hydrogen (secondary N) is 2. The molecule has 0 aliphatic rings. The lowest BCUT2D eigenvalue weighted by Crippen LogP contribution is -2.36. The average Bonchev–Trinajstić information content (AvgIpc) is 3.16. The number of carbonyl (C=O) groups excluding carboxylic acids is 1. The highest BCUT2D eigenvalue weighted by molar-refractivity contribution is 5.79. The van der Waals surface area contributed by atoms with Gasteiger partial charge in [-0.2, -0.15) is 0 Å². The van der Waals surface area contributed by atoms with Gasteiger partial charge in [0.25, 0.3) is 5.56 Å². The van der Waals surface area contributed by atoms with Crippen LogP contribution in [0.3, 0.4) is 0 Å². The van der Waals surface area contributed by atoms with Crippen LogP contribution in [0, 0.1) is 12.8 Å². The van der Waals surface area contributed by atoms with Gasteiger partial charge in [-0.05, 0) is 25.0 Å². The molecule has 9 nitrogen and oxygen atoms in total. The number of aryl methyl sites for hydroxylation is 1. The number of hydrogen-bond acceptors (Lipinski definition) is 5. The van der Waals surface area contributed by atoms with Crippen molar-refractivity contribution in [3.05, 3.63) is 63.7 Å². The SMILES string of the molecule is COc1ccccc1CC(CNC(=O)Cc1c(C)nc2cc[nH]n2c1=O)C(=O)O. The molecule has 1 unspecified atom stereocenters. The smallest absolute Gasteiger partial charge is 0.308 e. The van der Waals surface area contributed by atoms with Gasteiger partial charge in [0.05, 0.1) is 19.4 Å². The number of para-hydroxylation sites is 1. The summed E-state index contributed by atoms with van der Waals surface area (Å²) in [5.41, 5.74) is 1.59. The molecule has 0 saturated heterocycles. The van der Waals surface area contributed by atoms with Gasteiger partial charge in [0.2, 0.25) is 5.91 Å². The molecule has 29 heavy (non-hydrogen) atoms. The van der Waals surface area contributed by atoms with Crippen molar-refractivity contribution in [3.8, 4) is 5.75 Å². The highest BCUT2D eigenvalue weighted by atomic mass is 16.5. The molecule has 152 valence electrons. The molecule has 1 amide bonds. The van der Waals surface area contributed by atoms with Crippen molar-refractivity contribution in [2.24, 2.45) is 5.92 Å². The van der Waals surface area contributed by atoms with Crippen molar-refractivity contribution in [1.82, 2.24) is 19.9 Å². The maximum absolute atomic E-state index is 12.5. The Morgan fingerprint density at radius 1 is 1.31 bits per heavy atom. The van der Waals surface area contributed by atoms with Gasteiger partial charge in [-0.1, -0.05) is 18.2 Å². The molecule has 0 saturated carbocycles. The van der Waals surface area contributed by atoms with E-state index in [1.807, 2.05) is 0 Å². The minimum Gasteiger partial charge on any atom is -0.496 e. The number of ether oxygens (including phenoxy) is 1. The monoisotopic (exact) mass is 398 g/mol. The molecule has 9 heteroatoms. The van der Waals surface area contributed by atoms with E-state index >= 15 is 0 Å². The average molecular weight is 398 g/mol. The second-order valence-corrected chi connectivity index (χ2v) is 6.67. The first kappa shape index (κ1) is 20.1. The zero-order chi connectivity index (χ0) is 21.0. The van der Waals surface area contributed by atoms with E-state index in [-0.39, 0.29) is 30.5 Å². The van der Waals surface area contributed by atoms with Gasteiger partial charge in [0.1, 0.15) is 5.75 Å². The van der Waals surface area contributed by atoms with Gasteiger partial charge in [-0.15, -0.1) is 0 Å². The third kappa shape index (κ3) is 4.45. The molecule has 1 aromatic carbocycles. The van der Waals surface area contributed by atoms with Crippen molar-refractivity contribution >= 4 is 17.5 Å². The number of benzene rings is 1. The molecule has 2 heterocycles. The van der Waals surface area contributed by atoms with Crippen molar-refractivity contribution in [2.45, 2.75) is 19.8 Å². The number of aliphatic carboxylic acids is 1. The fourth-order valence-electron chi connectivity index (χ4n) is 3.15. The number of rotatable bonds is 8. The van der Waals surface area contributed by atoms with E-state index in [0.29, 0.717) is 17.1 Å². The van der Waals surface area contributed by atoms with Crippen LogP contribution >= 0.6 is 0 Å². The summed E-state index contributed by atoms with van der Waals surface area (Å²) >= 11 is 0. The highest BCUT2D eigenvalue weighted by Crippen LogP contribution is 2.21. The van der Waals surface area contributed by atoms with Crippen LogP contribution in [0.15, 0.2) is 41.3 Å². The number of amides is 1. The largest absolute Gasteiger partial charge is 0.496 e. The topological polar surface area (TPSA) is 126 Å². The molecule has 3 N–H and O–H groups in total. The number of carbonyl (C=O) groups is 2. The van der Waals surface area contributed by atoms with Gasteiger partial charge in [0, 0.05) is 30.1 Å². The van der Waals surface area contributed by atoms with E-state index in [0.717, 1.165) is 5.56 Å². The molecule has 1 atom stereocenters. The first-order chi connectivity index (χ1) is 13.9. The van der Waals surface area contributed by atoms with E-state index in [1.165, 1.54) is 11.6 Å². The van der Waals surface area contributed by atoms with Crippen LogP contribution in [-0.2, 0) is 22.4 Å². The normalized spacial score (nSPS) is 11.9. The maximum atomic E-state index is 12.5. The molecular formula is C20H22N4O5. The number of methoxy groups -OCH3 is 1. The number of carboxylic acids is 1. The maximum Gasteiger partial charge on any atom is 0.308 e. The summed E-state index contributed by atoms with van der Waals surface area (Å²) < 4.78 is 6.52. The number of aromatic amines is 1. The second kappa shape index (κ2) is 8.59. The van der Waals surface area contributed by atoms with Gasteiger partial charge in [0.15, 0.2) is 5.65 Å². The van der Waals surface area contributed by atoms with Crippen LogP contribution in [0.4, 0.5) is 0 Å². The van der Waals surface area contributed by atoms with Crippen LogP contribution in [0.2, 0.25) is 0 Å². The molecule has 3 aromatic rings. The molecule has 0 fully saturated rings. The minimum atomic E-state index is -1.03. The Morgan fingerprint density at radius 3 is 2.79 bits per heavy atom. The summed E-state index contributed by atoms with van der Waals surface area (Å²) in [5.74, 6) is -1.70. The van der Waals surface area contributed by atoms with Crippen LogP contribution in [0.5, 0.6) is 5.75 Å². The van der Waals surface area contributed by atoms with E-state index < -0.39 is 17.8 Å². The van der Waals surface area contributed by atoms with Gasteiger partial charge in [-0.25, -0.2) is 9.50 Å². The molecule has 0 radical (unpaired) electrons. The molecule has 3 rings (SSSR count). The van der Waals surface area contributed by atoms with Gasteiger partial charge < -0.3 is 15.2 Å². The lowest BCUT2D eigenvalue weighted by molar-refractivity contribution is -0.141. The standard InChI is InChI=1S/C20H22N4O5/c1-12-15(19(26)24-17(23-12)7-8-22-24)10-18(25)21-11-14(20(27)28)9-13-5-3-4-6-16(13)29-2/h3-8,14,22H,9-11H2,1-2H3,(H,21,25)(H,27,28). The number of aromatic nitrogens is 3. The van der Waals surface area contributed by atoms with Crippen LogP contribution < -0.4 is 15.6 Å². The summed E-state index contributed by atoms with van der Waals surface area (Å²) in [6, 6.07) is 8.81. The van der Waals surface area contributed by atoms with Crippen LogP contribution in [0.25, 0.3) is 5.65 Å². The Kier molecular flexibility index (Phi) is 5.96. The van der Waals surface area contributed by atoms with Gasteiger partial charge in [-0.3, -0.25) is 19.5 Å². The van der Waals surface area contributed by atoms with Crippen molar-refractivity contribution in [1.29, 1.82) is 0 Å². The fourth-order valence-corrected chi connectivity index (χ4v) is 3.15. The molecule has 0 bridgehead atoms. The minimum absolute atomic E-state index is 0.0647. The predicted molar refractivity (Wildman–Crippen MR) is 105 cm³/mol. The Morgan fingerprint density at radius 2 is 2.07 bits per heavy atom. The first-order valence-electron chi connectivity index (χ1n) is 9.07.